The first kappa shape index (κ1) is 29.3. The number of ether oxygens (including phenoxy) is 5. The number of nitrogens with two attached hydrogens (primary N) is 4. The van der Waals surface area contributed by atoms with Gasteiger partial charge >= 0.3 is 0 Å². The average molecular weight is 542 g/mol. The average Bonchev–Trinajstić information content (AvgIpc) is 2.86. The van der Waals surface area contributed by atoms with Gasteiger partial charge in [-0.15, -0.1) is 0 Å². The van der Waals surface area contributed by atoms with Gasteiger partial charge in [0.05, 0.1) is 30.8 Å². The minimum atomic E-state index is -1.85. The zero-order chi connectivity index (χ0) is 27.2. The third-order valence-corrected chi connectivity index (χ3v) is 7.70. The Morgan fingerprint density at radius 3 is 2.16 bits per heavy atom. The summed E-state index contributed by atoms with van der Waals surface area (Å²) >= 11 is 0. The summed E-state index contributed by atoms with van der Waals surface area (Å²) in [6.45, 7) is -0.517. The van der Waals surface area contributed by atoms with Gasteiger partial charge in [0.25, 0.3) is 0 Å². The molecule has 17 atom stereocenters. The Morgan fingerprint density at radius 2 is 1.51 bits per heavy atom. The normalized spacial score (nSPS) is 55.1. The molecule has 0 amide bonds. The number of hydrogen-bond donors (Lipinski definition) is 10. The highest BCUT2D eigenvalue weighted by molar-refractivity contribution is 5.02. The third kappa shape index (κ3) is 5.65. The molecule has 0 aromatic carbocycles. The highest BCUT2D eigenvalue weighted by Gasteiger charge is 2.54. The van der Waals surface area contributed by atoms with Crippen LogP contribution in [0, 0.1) is 0 Å². The molecular weight excluding hydrogens is 501 g/mol. The van der Waals surface area contributed by atoms with Crippen LogP contribution in [0.1, 0.15) is 12.8 Å². The summed E-state index contributed by atoms with van der Waals surface area (Å²) in [4.78, 5) is 0. The molecule has 0 bridgehead atoms. The van der Waals surface area contributed by atoms with E-state index in [1.54, 1.807) is 0 Å². The van der Waals surface area contributed by atoms with E-state index in [0.29, 0.717) is 0 Å². The monoisotopic (exact) mass is 541 g/mol. The van der Waals surface area contributed by atoms with Gasteiger partial charge in [-0.25, -0.2) is 4.39 Å². The van der Waals surface area contributed by atoms with E-state index in [1.807, 2.05) is 0 Å². The Balaban J connectivity index is 1.43. The first-order chi connectivity index (χ1) is 17.5. The van der Waals surface area contributed by atoms with Crippen molar-refractivity contribution in [2.75, 3.05) is 13.7 Å². The van der Waals surface area contributed by atoms with Crippen LogP contribution in [0.3, 0.4) is 0 Å². The van der Waals surface area contributed by atoms with E-state index in [1.165, 1.54) is 7.05 Å². The second-order valence-corrected chi connectivity index (χ2v) is 10.2. The van der Waals surface area contributed by atoms with Crippen molar-refractivity contribution in [3.05, 3.63) is 0 Å². The number of likely N-dealkylation sites (N-methyl/N-ethyl adjacent to an activating group) is 1. The fourth-order valence-corrected chi connectivity index (χ4v) is 5.42. The van der Waals surface area contributed by atoms with Crippen molar-refractivity contribution in [3.8, 4) is 0 Å². The van der Waals surface area contributed by atoms with Crippen molar-refractivity contribution in [2.24, 2.45) is 22.9 Å². The van der Waals surface area contributed by atoms with Gasteiger partial charge < -0.3 is 77.5 Å². The van der Waals surface area contributed by atoms with Crippen LogP contribution in [0.5, 0.6) is 0 Å². The minimum absolute atomic E-state index is 0.116. The first-order valence-electron chi connectivity index (χ1n) is 12.4. The van der Waals surface area contributed by atoms with Gasteiger partial charge in [0.15, 0.2) is 25.0 Å². The van der Waals surface area contributed by atoms with Crippen LogP contribution >= 0.6 is 0 Å². The summed E-state index contributed by atoms with van der Waals surface area (Å²) in [5, 5.41) is 54.1. The molecule has 0 spiro atoms. The number of alkyl halides is 1. The summed E-state index contributed by atoms with van der Waals surface area (Å²) in [5.41, 5.74) is 23.8. The standard InChI is InChI=1S/C21H40FN5O10/c1-27-12-15(31)18-8(33-20(12)37-21-16(32)14(30)11(26)9(4-28)34-21)3-7(25)19(36-18)35-17-6(24)2-5(23)13(29)10(17)22/h5-21,27-32H,2-4,23-26H2,1H3/t5-,6?,7?,8+,9?,10?,11-,12?,13?,14?,15?,16?,17-,18?,19+,20?,21-/m1/s1. The number of fused-ring (bicyclic) bond motifs is 1. The quantitative estimate of drug-likeness (QED) is 0.150. The Hall–Kier alpha value is -0.670. The van der Waals surface area contributed by atoms with E-state index >= 15 is 0 Å². The molecule has 37 heavy (non-hydrogen) atoms. The van der Waals surface area contributed by atoms with Gasteiger partial charge in [0.2, 0.25) is 0 Å². The van der Waals surface area contributed by atoms with Crippen LogP contribution in [0.25, 0.3) is 0 Å². The lowest BCUT2D eigenvalue weighted by Crippen LogP contribution is -2.70. The smallest absolute Gasteiger partial charge is 0.189 e. The number of rotatable bonds is 6. The minimum Gasteiger partial charge on any atom is -0.394 e. The van der Waals surface area contributed by atoms with Crippen molar-refractivity contribution in [2.45, 2.75) is 117 Å². The number of nitrogens with one attached hydrogen (secondary N) is 1. The van der Waals surface area contributed by atoms with E-state index in [-0.39, 0.29) is 12.8 Å². The van der Waals surface area contributed by atoms with E-state index in [4.69, 9.17) is 46.6 Å². The Labute approximate surface area is 213 Å². The maximum absolute atomic E-state index is 14.8. The van der Waals surface area contributed by atoms with Crippen LogP contribution in [-0.4, -0.2) is 143 Å². The summed E-state index contributed by atoms with van der Waals surface area (Å²) in [7, 11) is 1.54. The number of hydrogen-bond acceptors (Lipinski definition) is 15. The van der Waals surface area contributed by atoms with Crippen LogP contribution in [0.2, 0.25) is 0 Å². The van der Waals surface area contributed by atoms with Crippen LogP contribution in [0.4, 0.5) is 4.39 Å². The van der Waals surface area contributed by atoms with E-state index in [9.17, 15) is 29.9 Å². The Bertz CT molecular complexity index is 761. The predicted octanol–water partition coefficient (Wildman–Crippen LogP) is -5.97. The summed E-state index contributed by atoms with van der Waals surface area (Å²) in [5.74, 6) is 0. The molecule has 1 aliphatic carbocycles. The maximum atomic E-state index is 14.8. The summed E-state index contributed by atoms with van der Waals surface area (Å²) in [6.07, 6.45) is -15.0. The third-order valence-electron chi connectivity index (χ3n) is 7.70. The highest BCUT2D eigenvalue weighted by atomic mass is 19.1. The van der Waals surface area contributed by atoms with Crippen molar-refractivity contribution in [1.82, 2.24) is 5.32 Å². The van der Waals surface area contributed by atoms with Crippen LogP contribution in [-0.2, 0) is 23.7 Å². The van der Waals surface area contributed by atoms with Gasteiger partial charge in [0.1, 0.15) is 42.7 Å². The molecule has 3 saturated heterocycles. The first-order valence-corrected chi connectivity index (χ1v) is 12.4. The Kier molecular flexibility index (Phi) is 9.37. The van der Waals surface area contributed by atoms with Crippen LogP contribution in [0.15, 0.2) is 0 Å². The second kappa shape index (κ2) is 11.8. The molecule has 14 N–H and O–H groups in total. The molecule has 4 rings (SSSR count). The van der Waals surface area contributed by atoms with Crippen molar-refractivity contribution in [1.29, 1.82) is 0 Å². The fourth-order valence-electron chi connectivity index (χ4n) is 5.42. The Morgan fingerprint density at radius 1 is 0.811 bits per heavy atom. The maximum Gasteiger partial charge on any atom is 0.189 e. The largest absolute Gasteiger partial charge is 0.394 e. The van der Waals surface area contributed by atoms with Crippen molar-refractivity contribution in [3.63, 3.8) is 0 Å². The van der Waals surface area contributed by atoms with E-state index in [2.05, 4.69) is 5.32 Å². The summed E-state index contributed by atoms with van der Waals surface area (Å²) < 4.78 is 43.7. The SMILES string of the molecule is CNC1C(O[C@H]2OC(CO)[C@@H](N)C(O)C2O)O[C@H]2CC(N)[C@@H](O[C@@H]3C(N)C[C@@H](N)C(O)C3F)OC2C1O. The summed E-state index contributed by atoms with van der Waals surface area (Å²) in [6, 6.07) is -4.39. The molecule has 216 valence electrons. The molecule has 4 aliphatic rings. The van der Waals surface area contributed by atoms with Gasteiger partial charge in [0, 0.05) is 12.1 Å². The molecule has 15 nitrogen and oxygen atoms in total. The second-order valence-electron chi connectivity index (χ2n) is 10.2. The lowest BCUT2D eigenvalue weighted by Gasteiger charge is -2.51. The van der Waals surface area contributed by atoms with Gasteiger partial charge in [-0.1, -0.05) is 0 Å². The zero-order valence-corrected chi connectivity index (χ0v) is 20.4. The van der Waals surface area contributed by atoms with Crippen LogP contribution < -0.4 is 28.3 Å². The molecule has 16 heteroatoms. The molecule has 4 fully saturated rings. The molecule has 3 aliphatic heterocycles. The van der Waals surface area contributed by atoms with Gasteiger partial charge in [-0.05, 0) is 19.9 Å². The van der Waals surface area contributed by atoms with Gasteiger partial charge in [-0.3, -0.25) is 0 Å². The zero-order valence-electron chi connectivity index (χ0n) is 20.4. The lowest BCUT2D eigenvalue weighted by atomic mass is 9.85. The van der Waals surface area contributed by atoms with Gasteiger partial charge in [-0.2, -0.15) is 0 Å². The number of halogens is 1. The lowest BCUT2D eigenvalue weighted by molar-refractivity contribution is -0.372. The topological polar surface area (TPSA) is 263 Å². The van der Waals surface area contributed by atoms with Crippen molar-refractivity contribution >= 4 is 0 Å². The van der Waals surface area contributed by atoms with Crippen molar-refractivity contribution < 1.29 is 53.6 Å². The molecule has 0 radical (unpaired) electrons. The molecule has 0 aromatic rings. The number of aliphatic hydroxyl groups is 5. The molecule has 3 heterocycles. The molecular formula is C21H40FN5O10. The van der Waals surface area contributed by atoms with E-state index in [0.717, 1.165) is 0 Å². The number of aliphatic hydroxyl groups excluding tert-OH is 5. The predicted molar refractivity (Wildman–Crippen MR) is 122 cm³/mol. The molecule has 1 saturated carbocycles. The molecule has 11 unspecified atom stereocenters. The van der Waals surface area contributed by atoms with E-state index < -0.39 is 111 Å². The highest BCUT2D eigenvalue weighted by Crippen LogP contribution is 2.35. The molecule has 0 aromatic heterocycles. The fraction of sp³-hybridized carbons (Fsp3) is 1.00.